The van der Waals surface area contributed by atoms with Crippen LogP contribution in [0.5, 0.6) is 0 Å². The highest BCUT2D eigenvalue weighted by molar-refractivity contribution is 9.10. The lowest BCUT2D eigenvalue weighted by molar-refractivity contribution is -0.139. The molecule has 0 fully saturated rings. The average molecular weight is 528 g/mol. The van der Waals surface area contributed by atoms with Gasteiger partial charge < -0.3 is 24.2 Å². The predicted molar refractivity (Wildman–Crippen MR) is 124 cm³/mol. The number of hydrogen-bond donors (Lipinski definition) is 2. The van der Waals surface area contributed by atoms with Crippen molar-refractivity contribution in [1.82, 2.24) is 5.32 Å². The Morgan fingerprint density at radius 2 is 1.59 bits per heavy atom. The summed E-state index contributed by atoms with van der Waals surface area (Å²) in [5.41, 5.74) is 2.14. The van der Waals surface area contributed by atoms with Crippen molar-refractivity contribution >= 4 is 35.6 Å². The predicted octanol–water partition coefficient (Wildman–Crippen LogP) is 5.27. The van der Waals surface area contributed by atoms with Crippen LogP contribution in [0.2, 0.25) is 0 Å². The van der Waals surface area contributed by atoms with Gasteiger partial charge in [0.1, 0.15) is 17.2 Å². The molecule has 0 aliphatic carbocycles. The van der Waals surface area contributed by atoms with Gasteiger partial charge in [-0.25, -0.2) is 9.59 Å². The van der Waals surface area contributed by atoms with Crippen molar-refractivity contribution < 1.29 is 33.0 Å². The lowest BCUT2D eigenvalue weighted by atomic mass is 10.0. The smallest absolute Gasteiger partial charge is 0.408 e. The van der Waals surface area contributed by atoms with E-state index < -0.39 is 30.3 Å². The summed E-state index contributed by atoms with van der Waals surface area (Å²) in [7, 11) is -3.39. The van der Waals surface area contributed by atoms with Crippen LogP contribution in [-0.2, 0) is 36.2 Å². The van der Waals surface area contributed by atoms with Crippen molar-refractivity contribution in [2.45, 2.75) is 37.5 Å². The Bertz CT molecular complexity index is 914. The van der Waals surface area contributed by atoms with Crippen LogP contribution in [-0.4, -0.2) is 36.4 Å². The summed E-state index contributed by atoms with van der Waals surface area (Å²) in [5.74, 6) is -1.18. The van der Waals surface area contributed by atoms with Crippen molar-refractivity contribution in [3.8, 4) is 0 Å². The fourth-order valence-electron chi connectivity index (χ4n) is 2.87. The van der Waals surface area contributed by atoms with Crippen molar-refractivity contribution in [3.63, 3.8) is 0 Å². The van der Waals surface area contributed by atoms with Crippen molar-refractivity contribution in [1.29, 1.82) is 0 Å². The summed E-state index contributed by atoms with van der Waals surface area (Å²) in [6.07, 6.45) is -0.759. The Morgan fingerprint density at radius 1 is 1.00 bits per heavy atom. The van der Waals surface area contributed by atoms with Gasteiger partial charge in [-0.2, -0.15) is 0 Å². The number of carboxylic acid groups (broad SMARTS) is 1. The van der Waals surface area contributed by atoms with Crippen LogP contribution >= 0.6 is 23.5 Å². The molecule has 0 saturated carbocycles. The number of nitrogens with one attached hydrogen (secondary N) is 1. The molecule has 2 unspecified atom stereocenters. The number of alkyl halides is 1. The number of ether oxygens (including phenoxy) is 1. The maximum absolute atomic E-state index is 12.9. The first-order valence-electron chi connectivity index (χ1n) is 10.1. The van der Waals surface area contributed by atoms with Crippen molar-refractivity contribution in [2.75, 3.05) is 13.2 Å². The molecule has 2 N–H and O–H groups in total. The number of carbonyl (C=O) groups excluding carboxylic acids is 1. The molecule has 0 aliphatic heterocycles. The maximum Gasteiger partial charge on any atom is 0.408 e. The van der Waals surface area contributed by atoms with Gasteiger partial charge in [0.25, 0.3) is 0 Å². The molecule has 32 heavy (non-hydrogen) atoms. The molecule has 0 heterocycles. The quantitative estimate of drug-likeness (QED) is 0.285. The van der Waals surface area contributed by atoms with E-state index >= 15 is 0 Å². The minimum atomic E-state index is -3.39. The summed E-state index contributed by atoms with van der Waals surface area (Å²) >= 11 is 3.40. The number of rotatable bonds is 12. The number of amides is 1. The van der Waals surface area contributed by atoms with E-state index in [0.29, 0.717) is 11.1 Å². The van der Waals surface area contributed by atoms with E-state index in [-0.39, 0.29) is 26.2 Å². The topological polar surface area (TPSA) is 111 Å². The van der Waals surface area contributed by atoms with Gasteiger partial charge in [-0.15, -0.1) is 0 Å². The van der Waals surface area contributed by atoms with Gasteiger partial charge in [0.15, 0.2) is 0 Å². The zero-order valence-electron chi connectivity index (χ0n) is 17.9. The Morgan fingerprint density at radius 3 is 2.12 bits per heavy atom. The lowest BCUT2D eigenvalue weighted by Gasteiger charge is -2.22. The summed E-state index contributed by atoms with van der Waals surface area (Å²) in [6.45, 7) is 3.99. The molecule has 8 nitrogen and oxygen atoms in total. The molecular formula is C22H27BrNO7P. The number of hydrogen-bond acceptors (Lipinski definition) is 6. The Kier molecular flexibility index (Phi) is 10.4. The largest absolute Gasteiger partial charge is 0.480 e. The highest BCUT2D eigenvalue weighted by Crippen LogP contribution is 2.63. The third-order valence-electron chi connectivity index (χ3n) is 4.39. The molecule has 2 aromatic carbocycles. The van der Waals surface area contributed by atoms with Crippen molar-refractivity contribution in [3.05, 3.63) is 71.3 Å². The first-order valence-corrected chi connectivity index (χ1v) is 12.6. The molecule has 174 valence electrons. The lowest BCUT2D eigenvalue weighted by Crippen LogP contribution is -2.42. The first-order chi connectivity index (χ1) is 15.3. The highest BCUT2D eigenvalue weighted by atomic mass is 79.9. The minimum absolute atomic E-state index is 0.0417. The summed E-state index contributed by atoms with van der Waals surface area (Å²) in [5, 5.41) is 11.9. The minimum Gasteiger partial charge on any atom is -0.480 e. The number of aliphatic carboxylic acids is 1. The molecule has 0 bridgehead atoms. The summed E-state index contributed by atoms with van der Waals surface area (Å²) in [4.78, 5) is 23.7. The second-order valence-electron chi connectivity index (χ2n) is 6.75. The molecule has 10 heteroatoms. The van der Waals surface area contributed by atoms with E-state index in [9.17, 15) is 19.3 Å². The number of carboxylic acids is 1. The van der Waals surface area contributed by atoms with Crippen LogP contribution < -0.4 is 5.32 Å². The molecule has 0 radical (unpaired) electrons. The summed E-state index contributed by atoms with van der Waals surface area (Å²) in [6, 6.07) is 14.8. The van der Waals surface area contributed by atoms with Crippen molar-refractivity contribution in [2.24, 2.45) is 0 Å². The van der Waals surface area contributed by atoms with Gasteiger partial charge in [-0.3, -0.25) is 4.57 Å². The van der Waals surface area contributed by atoms with E-state index in [1.165, 1.54) is 0 Å². The van der Waals surface area contributed by atoms with Crippen LogP contribution in [0, 0.1) is 0 Å². The van der Waals surface area contributed by atoms with Crippen LogP contribution in [0.3, 0.4) is 0 Å². The fourth-order valence-corrected chi connectivity index (χ4v) is 5.47. The third-order valence-corrected chi connectivity index (χ3v) is 8.52. The normalized spacial score (nSPS) is 13.2. The van der Waals surface area contributed by atoms with Crippen LogP contribution in [0.25, 0.3) is 0 Å². The molecule has 0 aromatic heterocycles. The average Bonchev–Trinajstić information content (AvgIpc) is 2.78. The molecule has 2 rings (SSSR count). The Labute approximate surface area is 195 Å². The van der Waals surface area contributed by atoms with Gasteiger partial charge in [0.2, 0.25) is 0 Å². The zero-order chi connectivity index (χ0) is 23.6. The van der Waals surface area contributed by atoms with Crippen LogP contribution in [0.1, 0.15) is 35.1 Å². The molecule has 2 aromatic rings. The molecule has 0 aliphatic rings. The monoisotopic (exact) mass is 527 g/mol. The van der Waals surface area contributed by atoms with E-state index in [1.807, 2.05) is 18.2 Å². The molecule has 0 spiro atoms. The van der Waals surface area contributed by atoms with Gasteiger partial charge in [-0.1, -0.05) is 70.5 Å². The number of halogens is 1. The Balaban J connectivity index is 2.00. The zero-order valence-corrected chi connectivity index (χ0v) is 20.4. The summed E-state index contributed by atoms with van der Waals surface area (Å²) < 4.78 is 28.1. The SMILES string of the molecule is CCOP(=O)(OCC)C(Br)c1ccc(CC(NC(=O)OCc2ccccc2)C(=O)O)cc1. The Hall–Kier alpha value is -2.19. The van der Waals surface area contributed by atoms with Gasteiger partial charge in [-0.05, 0) is 30.5 Å². The second-order valence-corrected chi connectivity index (χ2v) is 10.5. The second kappa shape index (κ2) is 12.7. The van der Waals surface area contributed by atoms with Gasteiger partial charge >= 0.3 is 19.7 Å². The number of alkyl carbamates (subject to hydrolysis) is 1. The molecule has 0 saturated heterocycles. The fraction of sp³-hybridized carbons (Fsp3) is 0.364. The number of benzene rings is 2. The standard InChI is InChI=1S/C22H27BrNO7P/c1-3-30-32(28,31-4-2)20(23)18-12-10-16(11-13-18)14-19(21(25)26)24-22(27)29-15-17-8-6-5-7-9-17/h5-13,19-20H,3-4,14-15H2,1-2H3,(H,24,27)(H,25,26). The van der Waals surface area contributed by atoms with E-state index in [2.05, 4.69) is 21.2 Å². The molecule has 1 amide bonds. The third kappa shape index (κ3) is 7.74. The number of carbonyl (C=O) groups is 2. The first kappa shape index (κ1) is 26.1. The van der Waals surface area contributed by atoms with Gasteiger partial charge in [0, 0.05) is 6.42 Å². The van der Waals surface area contributed by atoms with E-state index in [4.69, 9.17) is 13.8 Å². The van der Waals surface area contributed by atoms with E-state index in [0.717, 1.165) is 5.56 Å². The molecular weight excluding hydrogens is 501 g/mol. The van der Waals surface area contributed by atoms with Crippen LogP contribution in [0.15, 0.2) is 54.6 Å². The molecule has 2 atom stereocenters. The highest BCUT2D eigenvalue weighted by Gasteiger charge is 2.34. The van der Waals surface area contributed by atoms with Crippen LogP contribution in [0.4, 0.5) is 4.79 Å². The maximum atomic E-state index is 12.9. The van der Waals surface area contributed by atoms with Gasteiger partial charge in [0.05, 0.1) is 13.2 Å². The van der Waals surface area contributed by atoms with E-state index in [1.54, 1.807) is 50.2 Å².